The van der Waals surface area contributed by atoms with Crippen LogP contribution in [0.25, 0.3) is 10.9 Å². The topological polar surface area (TPSA) is 75.1 Å². The van der Waals surface area contributed by atoms with E-state index in [4.69, 9.17) is 5.11 Å². The van der Waals surface area contributed by atoms with E-state index in [0.29, 0.717) is 27.8 Å². The summed E-state index contributed by atoms with van der Waals surface area (Å²) in [4.78, 5) is 8.76. The summed E-state index contributed by atoms with van der Waals surface area (Å²) in [7, 11) is -2.53. The number of aliphatic hydroxyl groups is 1. The van der Waals surface area contributed by atoms with Gasteiger partial charge in [-0.3, -0.25) is 0 Å². The number of alkyl halides is 2. The van der Waals surface area contributed by atoms with Crippen LogP contribution in [0.4, 0.5) is 19.0 Å². The predicted molar refractivity (Wildman–Crippen MR) is 113 cm³/mol. The number of nitrogens with one attached hydrogen (secondary N) is 1. The Kier molecular flexibility index (Phi) is 5.94. The molecule has 3 rings (SSSR count). The van der Waals surface area contributed by atoms with Crippen LogP contribution in [-0.4, -0.2) is 35.0 Å². The first-order valence-electron chi connectivity index (χ1n) is 9.32. The van der Waals surface area contributed by atoms with Crippen LogP contribution in [0.2, 0.25) is 0 Å². The molecule has 1 unspecified atom stereocenters. The molecular weight excluding hydrogens is 414 g/mol. The van der Waals surface area contributed by atoms with Gasteiger partial charge in [0.25, 0.3) is 5.92 Å². The van der Waals surface area contributed by atoms with Gasteiger partial charge < -0.3 is 15.0 Å². The Morgan fingerprint density at radius 2 is 1.90 bits per heavy atom. The Hall–Kier alpha value is -2.44. The molecule has 3 aromatic rings. The molecule has 9 heteroatoms. The zero-order chi connectivity index (χ0) is 22.3. The molecule has 0 bridgehead atoms. The van der Waals surface area contributed by atoms with Crippen molar-refractivity contribution in [3.8, 4) is 0 Å². The Bertz CT molecular complexity index is 1150. The molecule has 0 saturated carbocycles. The number of benzene rings is 2. The monoisotopic (exact) mass is 437 g/mol. The number of hydrogen-bond acceptors (Lipinski definition) is 5. The van der Waals surface area contributed by atoms with Crippen LogP contribution in [0.1, 0.15) is 29.9 Å². The molecule has 0 fully saturated rings. The van der Waals surface area contributed by atoms with Gasteiger partial charge in [0.05, 0.1) is 17.1 Å². The van der Waals surface area contributed by atoms with Gasteiger partial charge in [-0.25, -0.2) is 14.4 Å². The lowest BCUT2D eigenvalue weighted by Crippen LogP contribution is -2.22. The van der Waals surface area contributed by atoms with E-state index in [1.165, 1.54) is 12.1 Å². The van der Waals surface area contributed by atoms with Crippen molar-refractivity contribution in [2.45, 2.75) is 25.8 Å². The minimum Gasteiger partial charge on any atom is -0.390 e. The molecular formula is C21H23F3N3O2P. The van der Waals surface area contributed by atoms with Crippen molar-refractivity contribution in [1.29, 1.82) is 0 Å². The lowest BCUT2D eigenvalue weighted by atomic mass is 10.00. The summed E-state index contributed by atoms with van der Waals surface area (Å²) >= 11 is 0. The molecule has 5 nitrogen and oxygen atoms in total. The van der Waals surface area contributed by atoms with Gasteiger partial charge in [0.1, 0.15) is 31.2 Å². The normalized spacial score (nSPS) is 13.5. The molecule has 0 aliphatic carbocycles. The van der Waals surface area contributed by atoms with Crippen LogP contribution in [0.3, 0.4) is 0 Å². The Labute approximate surface area is 172 Å². The van der Waals surface area contributed by atoms with Gasteiger partial charge in [0.15, 0.2) is 0 Å². The second-order valence-electron chi connectivity index (χ2n) is 7.61. The maximum absolute atomic E-state index is 14.8. The highest BCUT2D eigenvalue weighted by Gasteiger charge is 2.35. The lowest BCUT2D eigenvalue weighted by Gasteiger charge is -2.21. The molecule has 0 aliphatic heterocycles. The fourth-order valence-electron chi connectivity index (χ4n) is 3.21. The van der Waals surface area contributed by atoms with E-state index in [9.17, 15) is 17.7 Å². The summed E-state index contributed by atoms with van der Waals surface area (Å²) in [6.07, 6.45) is 0. The minimum absolute atomic E-state index is 0.0119. The molecule has 0 radical (unpaired) electrons. The third kappa shape index (κ3) is 4.35. The average Bonchev–Trinajstić information content (AvgIpc) is 2.66. The van der Waals surface area contributed by atoms with Gasteiger partial charge in [-0.15, -0.1) is 0 Å². The highest BCUT2D eigenvalue weighted by Crippen LogP contribution is 2.37. The first-order chi connectivity index (χ1) is 13.9. The fourth-order valence-corrected chi connectivity index (χ4v) is 4.09. The van der Waals surface area contributed by atoms with Crippen molar-refractivity contribution in [2.24, 2.45) is 0 Å². The Morgan fingerprint density at radius 1 is 1.20 bits per heavy atom. The summed E-state index contributed by atoms with van der Waals surface area (Å²) in [5.41, 5.74) is -0.228. The molecule has 30 heavy (non-hydrogen) atoms. The molecule has 0 spiro atoms. The number of fused-ring (bicyclic) bond motifs is 1. The minimum atomic E-state index is -3.68. The molecule has 0 amide bonds. The standard InChI is InChI=1S/C21H23F3N3O2P/c1-12(15-6-5-7-17(19(15)22)21(23,24)11-28)25-20-16-10-14(30(3,4)29)8-9-18(16)26-13(2)27-20/h5-10,12,28H,11H2,1-4H3,(H,25,26,27). The van der Waals surface area contributed by atoms with Crippen LogP contribution in [0, 0.1) is 12.7 Å². The fraction of sp³-hybridized carbons (Fsp3) is 0.333. The van der Waals surface area contributed by atoms with Gasteiger partial charge >= 0.3 is 0 Å². The smallest absolute Gasteiger partial charge is 0.298 e. The molecule has 160 valence electrons. The average molecular weight is 437 g/mol. The number of aryl methyl sites for hydroxylation is 1. The second-order valence-corrected chi connectivity index (χ2v) is 10.8. The maximum Gasteiger partial charge on any atom is 0.298 e. The highest BCUT2D eigenvalue weighted by atomic mass is 31.2. The van der Waals surface area contributed by atoms with Crippen molar-refractivity contribution in [3.05, 3.63) is 59.2 Å². The zero-order valence-electron chi connectivity index (χ0n) is 17.1. The van der Waals surface area contributed by atoms with Gasteiger partial charge in [0, 0.05) is 16.3 Å². The number of aliphatic hydroxyl groups excluding tert-OH is 1. The lowest BCUT2D eigenvalue weighted by molar-refractivity contribution is -0.0583. The van der Waals surface area contributed by atoms with E-state index in [1.54, 1.807) is 45.4 Å². The number of aromatic nitrogens is 2. The summed E-state index contributed by atoms with van der Waals surface area (Å²) in [6.45, 7) is 5.15. The van der Waals surface area contributed by atoms with Crippen LogP contribution in [0.5, 0.6) is 0 Å². The van der Waals surface area contributed by atoms with Crippen LogP contribution in [-0.2, 0) is 10.5 Å². The quantitative estimate of drug-likeness (QED) is 0.552. The molecule has 1 aromatic heterocycles. The van der Waals surface area contributed by atoms with E-state index < -0.39 is 37.1 Å². The third-order valence-electron chi connectivity index (χ3n) is 4.85. The first-order valence-corrected chi connectivity index (χ1v) is 11.9. The van der Waals surface area contributed by atoms with E-state index in [-0.39, 0.29) is 5.56 Å². The molecule has 2 aromatic carbocycles. The van der Waals surface area contributed by atoms with Crippen molar-refractivity contribution in [3.63, 3.8) is 0 Å². The highest BCUT2D eigenvalue weighted by molar-refractivity contribution is 7.70. The third-order valence-corrected chi connectivity index (χ3v) is 6.38. The van der Waals surface area contributed by atoms with E-state index in [2.05, 4.69) is 15.3 Å². The van der Waals surface area contributed by atoms with Gasteiger partial charge in [0.2, 0.25) is 0 Å². The van der Waals surface area contributed by atoms with Gasteiger partial charge in [-0.2, -0.15) is 8.78 Å². The van der Waals surface area contributed by atoms with Crippen molar-refractivity contribution >= 4 is 29.2 Å². The summed E-state index contributed by atoms with van der Waals surface area (Å²) in [5, 5.41) is 13.2. The maximum atomic E-state index is 14.8. The number of anilines is 1. The molecule has 1 atom stereocenters. The summed E-state index contributed by atoms with van der Waals surface area (Å²) in [6, 6.07) is 8.20. The summed E-state index contributed by atoms with van der Waals surface area (Å²) in [5.74, 6) is -3.91. The van der Waals surface area contributed by atoms with Gasteiger partial charge in [-0.05, 0) is 51.4 Å². The second kappa shape index (κ2) is 8.00. The van der Waals surface area contributed by atoms with Crippen molar-refractivity contribution in [1.82, 2.24) is 9.97 Å². The first kappa shape index (κ1) is 22.2. The SMILES string of the molecule is Cc1nc(NC(C)c2cccc(C(F)(F)CO)c2F)c2cc(P(C)(C)=O)ccc2n1. The molecule has 1 heterocycles. The van der Waals surface area contributed by atoms with Crippen molar-refractivity contribution in [2.75, 3.05) is 25.3 Å². The molecule has 0 saturated heterocycles. The van der Waals surface area contributed by atoms with Crippen LogP contribution < -0.4 is 10.6 Å². The van der Waals surface area contributed by atoms with E-state index in [0.717, 1.165) is 6.07 Å². The Balaban J connectivity index is 2.06. The molecule has 0 aliphatic rings. The number of hydrogen-bond donors (Lipinski definition) is 2. The number of rotatable bonds is 6. The largest absolute Gasteiger partial charge is 0.390 e. The van der Waals surface area contributed by atoms with Crippen LogP contribution >= 0.6 is 7.14 Å². The van der Waals surface area contributed by atoms with Crippen molar-refractivity contribution < 1.29 is 22.8 Å². The van der Waals surface area contributed by atoms with E-state index in [1.807, 2.05) is 0 Å². The van der Waals surface area contributed by atoms with Gasteiger partial charge in [-0.1, -0.05) is 12.1 Å². The predicted octanol–water partition coefficient (Wildman–Crippen LogP) is 4.58. The van der Waals surface area contributed by atoms with E-state index >= 15 is 0 Å². The number of nitrogens with zero attached hydrogens (tertiary/aromatic N) is 2. The van der Waals surface area contributed by atoms with Crippen LogP contribution in [0.15, 0.2) is 36.4 Å². The Morgan fingerprint density at radius 3 is 2.53 bits per heavy atom. The zero-order valence-corrected chi connectivity index (χ0v) is 18.0. The number of halogens is 3. The summed E-state index contributed by atoms with van der Waals surface area (Å²) < 4.78 is 55.1. The molecule has 2 N–H and O–H groups in total.